The summed E-state index contributed by atoms with van der Waals surface area (Å²) in [6.07, 6.45) is 4.09. The van der Waals surface area contributed by atoms with E-state index in [4.69, 9.17) is 0 Å². The lowest BCUT2D eigenvalue weighted by Crippen LogP contribution is -2.42. The quantitative estimate of drug-likeness (QED) is 0.665. The van der Waals surface area contributed by atoms with Crippen molar-refractivity contribution in [3.63, 3.8) is 0 Å². The summed E-state index contributed by atoms with van der Waals surface area (Å²) in [5.74, 6) is 0.968. The Morgan fingerprint density at radius 3 is 2.52 bits per heavy atom. The van der Waals surface area contributed by atoms with Gasteiger partial charge in [0.05, 0.1) is 6.54 Å². The third-order valence-corrected chi connectivity index (χ3v) is 3.84. The van der Waals surface area contributed by atoms with Crippen LogP contribution < -0.4 is 5.32 Å². The maximum Gasteiger partial charge on any atom is 0.193 e. The van der Waals surface area contributed by atoms with Gasteiger partial charge in [0.15, 0.2) is 5.96 Å². The number of likely N-dealkylation sites (tertiary alicyclic amines) is 1. The number of rotatable bonds is 5. The van der Waals surface area contributed by atoms with Crippen LogP contribution in [0.2, 0.25) is 0 Å². The highest BCUT2D eigenvalue weighted by Gasteiger charge is 2.09. The minimum Gasteiger partial charge on any atom is -0.355 e. The second-order valence-electron chi connectivity index (χ2n) is 5.85. The van der Waals surface area contributed by atoms with Crippen molar-refractivity contribution in [2.75, 3.05) is 40.3 Å². The number of hydrogen-bond donors (Lipinski definition) is 1. The maximum atomic E-state index is 4.69. The molecule has 0 radical (unpaired) electrons. The van der Waals surface area contributed by atoms with E-state index in [9.17, 15) is 0 Å². The van der Waals surface area contributed by atoms with Crippen LogP contribution in [0.4, 0.5) is 0 Å². The van der Waals surface area contributed by atoms with Crippen molar-refractivity contribution in [2.45, 2.75) is 25.8 Å². The van der Waals surface area contributed by atoms with Crippen molar-refractivity contribution >= 4 is 5.96 Å². The van der Waals surface area contributed by atoms with Gasteiger partial charge >= 0.3 is 0 Å². The number of guanidine groups is 1. The standard InChI is InChI=1S/C17H28N4/c1-20(2)17(19-15-16-9-5-3-6-10-16)18-11-14-21-12-7-4-8-13-21/h3,5-6,9-10H,4,7-8,11-15H2,1-2H3,(H,18,19). The van der Waals surface area contributed by atoms with Crippen LogP contribution in [-0.4, -0.2) is 56.0 Å². The molecule has 0 atom stereocenters. The molecule has 0 spiro atoms. The smallest absolute Gasteiger partial charge is 0.193 e. The van der Waals surface area contributed by atoms with Gasteiger partial charge in [0.25, 0.3) is 0 Å². The average molecular weight is 288 g/mol. The fourth-order valence-corrected chi connectivity index (χ4v) is 2.61. The molecular formula is C17H28N4. The van der Waals surface area contributed by atoms with E-state index in [1.807, 2.05) is 20.2 Å². The van der Waals surface area contributed by atoms with Crippen LogP contribution in [0.25, 0.3) is 0 Å². The predicted molar refractivity (Wildman–Crippen MR) is 89.6 cm³/mol. The van der Waals surface area contributed by atoms with E-state index >= 15 is 0 Å². The first-order chi connectivity index (χ1) is 10.3. The molecule has 0 bridgehead atoms. The predicted octanol–water partition coefficient (Wildman–Crippen LogP) is 2.18. The summed E-state index contributed by atoms with van der Waals surface area (Å²) in [6.45, 7) is 5.30. The summed E-state index contributed by atoms with van der Waals surface area (Å²) >= 11 is 0. The second kappa shape index (κ2) is 8.67. The number of nitrogens with zero attached hydrogens (tertiary/aromatic N) is 3. The molecule has 116 valence electrons. The number of aliphatic imine (C=N–C) groups is 1. The van der Waals surface area contributed by atoms with Gasteiger partial charge in [-0.2, -0.15) is 0 Å². The highest BCUT2D eigenvalue weighted by Crippen LogP contribution is 2.07. The van der Waals surface area contributed by atoms with Crippen LogP contribution in [-0.2, 0) is 6.54 Å². The molecule has 0 aliphatic carbocycles. The lowest BCUT2D eigenvalue weighted by molar-refractivity contribution is 0.232. The molecule has 1 heterocycles. The molecule has 2 rings (SSSR count). The van der Waals surface area contributed by atoms with E-state index in [0.29, 0.717) is 0 Å². The third-order valence-electron chi connectivity index (χ3n) is 3.84. The lowest BCUT2D eigenvalue weighted by Gasteiger charge is -2.27. The molecule has 1 saturated heterocycles. The number of hydrogen-bond acceptors (Lipinski definition) is 2. The van der Waals surface area contributed by atoms with Crippen molar-refractivity contribution in [3.8, 4) is 0 Å². The minimum atomic E-state index is 0.727. The van der Waals surface area contributed by atoms with Crippen molar-refractivity contribution < 1.29 is 0 Å². The highest BCUT2D eigenvalue weighted by atomic mass is 15.3. The van der Waals surface area contributed by atoms with Crippen LogP contribution >= 0.6 is 0 Å². The molecule has 1 N–H and O–H groups in total. The van der Waals surface area contributed by atoms with Gasteiger partial charge in [-0.05, 0) is 31.5 Å². The SMILES string of the molecule is CN(C)C(=NCc1ccccc1)NCCN1CCCCC1. The molecule has 1 aromatic rings. The molecule has 1 aromatic carbocycles. The normalized spacial score (nSPS) is 16.8. The molecule has 4 heteroatoms. The fraction of sp³-hybridized carbons (Fsp3) is 0.588. The van der Waals surface area contributed by atoms with Crippen LogP contribution in [0, 0.1) is 0 Å². The fourth-order valence-electron chi connectivity index (χ4n) is 2.61. The van der Waals surface area contributed by atoms with Gasteiger partial charge in [-0.15, -0.1) is 0 Å². The average Bonchev–Trinajstić information content (AvgIpc) is 2.52. The number of benzene rings is 1. The minimum absolute atomic E-state index is 0.727. The Balaban J connectivity index is 1.78. The molecule has 1 fully saturated rings. The van der Waals surface area contributed by atoms with Gasteiger partial charge in [0, 0.05) is 27.2 Å². The largest absolute Gasteiger partial charge is 0.355 e. The molecule has 0 unspecified atom stereocenters. The zero-order chi connectivity index (χ0) is 14.9. The lowest BCUT2D eigenvalue weighted by atomic mass is 10.1. The van der Waals surface area contributed by atoms with Crippen LogP contribution in [0.15, 0.2) is 35.3 Å². The van der Waals surface area contributed by atoms with Crippen LogP contribution in [0.1, 0.15) is 24.8 Å². The van der Waals surface area contributed by atoms with E-state index in [1.54, 1.807) is 0 Å². The molecule has 4 nitrogen and oxygen atoms in total. The van der Waals surface area contributed by atoms with Crippen molar-refractivity contribution in [1.29, 1.82) is 0 Å². The molecule has 1 aliphatic heterocycles. The van der Waals surface area contributed by atoms with E-state index in [-0.39, 0.29) is 0 Å². The van der Waals surface area contributed by atoms with Gasteiger partial charge in [-0.1, -0.05) is 36.8 Å². The summed E-state index contributed by atoms with van der Waals surface area (Å²) in [5, 5.41) is 3.47. The molecule has 21 heavy (non-hydrogen) atoms. The van der Waals surface area contributed by atoms with Crippen LogP contribution in [0.5, 0.6) is 0 Å². The molecule has 0 saturated carbocycles. The summed E-state index contributed by atoms with van der Waals surface area (Å²) in [5.41, 5.74) is 1.25. The van der Waals surface area contributed by atoms with Gasteiger partial charge in [-0.25, -0.2) is 4.99 Å². The van der Waals surface area contributed by atoms with Gasteiger partial charge in [0.2, 0.25) is 0 Å². The Labute approximate surface area is 128 Å². The first-order valence-electron chi connectivity index (χ1n) is 7.97. The van der Waals surface area contributed by atoms with Crippen LogP contribution in [0.3, 0.4) is 0 Å². The summed E-state index contributed by atoms with van der Waals surface area (Å²) in [7, 11) is 4.08. The molecule has 0 aromatic heterocycles. The Kier molecular flexibility index (Phi) is 6.54. The zero-order valence-corrected chi connectivity index (χ0v) is 13.4. The summed E-state index contributed by atoms with van der Waals surface area (Å²) < 4.78 is 0. The second-order valence-corrected chi connectivity index (χ2v) is 5.85. The van der Waals surface area contributed by atoms with Crippen molar-refractivity contribution in [2.24, 2.45) is 4.99 Å². The van der Waals surface area contributed by atoms with Gasteiger partial charge < -0.3 is 15.1 Å². The summed E-state index contributed by atoms with van der Waals surface area (Å²) in [6, 6.07) is 10.4. The van der Waals surface area contributed by atoms with E-state index in [1.165, 1.54) is 37.9 Å². The first-order valence-corrected chi connectivity index (χ1v) is 7.97. The molecular weight excluding hydrogens is 260 g/mol. The van der Waals surface area contributed by atoms with E-state index < -0.39 is 0 Å². The van der Waals surface area contributed by atoms with E-state index in [0.717, 1.165) is 25.6 Å². The maximum absolute atomic E-state index is 4.69. The van der Waals surface area contributed by atoms with Crippen molar-refractivity contribution in [3.05, 3.63) is 35.9 Å². The molecule has 1 aliphatic rings. The summed E-state index contributed by atoms with van der Waals surface area (Å²) in [4.78, 5) is 9.29. The number of piperidine rings is 1. The molecule has 0 amide bonds. The topological polar surface area (TPSA) is 30.9 Å². The Morgan fingerprint density at radius 1 is 1.14 bits per heavy atom. The van der Waals surface area contributed by atoms with Gasteiger partial charge in [0.1, 0.15) is 0 Å². The highest BCUT2D eigenvalue weighted by molar-refractivity contribution is 5.79. The van der Waals surface area contributed by atoms with E-state index in [2.05, 4.69) is 44.4 Å². The Morgan fingerprint density at radius 2 is 1.86 bits per heavy atom. The Hall–Kier alpha value is -1.55. The first kappa shape index (κ1) is 15.8. The van der Waals surface area contributed by atoms with Crippen molar-refractivity contribution in [1.82, 2.24) is 15.1 Å². The zero-order valence-electron chi connectivity index (χ0n) is 13.4. The third kappa shape index (κ3) is 5.76. The monoisotopic (exact) mass is 288 g/mol. The van der Waals surface area contributed by atoms with Gasteiger partial charge in [-0.3, -0.25) is 0 Å². The number of nitrogens with one attached hydrogen (secondary N) is 1. The Bertz CT molecular complexity index is 422.